The van der Waals surface area contributed by atoms with Crippen LogP contribution in [0.2, 0.25) is 0 Å². The number of hydrogen-bond acceptors (Lipinski definition) is 3. The van der Waals surface area contributed by atoms with Crippen molar-refractivity contribution in [2.24, 2.45) is 5.92 Å². The second-order valence-corrected chi connectivity index (χ2v) is 5.13. The molecule has 0 fully saturated rings. The predicted molar refractivity (Wildman–Crippen MR) is 73.2 cm³/mol. The van der Waals surface area contributed by atoms with E-state index in [-0.39, 0.29) is 18.6 Å². The summed E-state index contributed by atoms with van der Waals surface area (Å²) in [4.78, 5) is 12.7. The van der Waals surface area contributed by atoms with Crippen molar-refractivity contribution in [3.05, 3.63) is 24.0 Å². The van der Waals surface area contributed by atoms with Gasteiger partial charge in [-0.25, -0.2) is 4.39 Å². The average Bonchev–Trinajstić information content (AvgIpc) is 2.32. The lowest BCUT2D eigenvalue weighted by molar-refractivity contribution is -0.135. The number of hydrogen-bond donors (Lipinski definition) is 1. The number of anilines is 1. The first-order valence-electron chi connectivity index (χ1n) is 5.89. The maximum atomic E-state index is 13.3. The second kappa shape index (κ2) is 5.13. The van der Waals surface area contributed by atoms with Crippen LogP contribution in [0.4, 0.5) is 10.1 Å². The number of carboxylic acid groups (broad SMARTS) is 1. The van der Waals surface area contributed by atoms with Crippen LogP contribution >= 0.6 is 12.2 Å². The minimum atomic E-state index is -1.03. The smallest absolute Gasteiger partial charge is 0.323 e. The highest BCUT2D eigenvalue weighted by molar-refractivity contribution is 7.80. The van der Waals surface area contributed by atoms with E-state index < -0.39 is 11.8 Å². The van der Waals surface area contributed by atoms with E-state index in [9.17, 15) is 9.18 Å². The van der Waals surface area contributed by atoms with E-state index in [2.05, 4.69) is 0 Å². The molecule has 1 aliphatic heterocycles. The molecule has 0 saturated heterocycles. The summed E-state index contributed by atoms with van der Waals surface area (Å²) in [6, 6.07) is 4.02. The lowest BCUT2D eigenvalue weighted by Crippen LogP contribution is -2.49. The van der Waals surface area contributed by atoms with Crippen molar-refractivity contribution in [3.63, 3.8) is 0 Å². The Bertz CT molecular complexity index is 533. The van der Waals surface area contributed by atoms with Crippen LogP contribution in [0.1, 0.15) is 13.8 Å². The zero-order chi connectivity index (χ0) is 14.2. The van der Waals surface area contributed by atoms with E-state index in [0.29, 0.717) is 16.4 Å². The van der Waals surface area contributed by atoms with Crippen molar-refractivity contribution in [2.45, 2.75) is 20.0 Å². The molecule has 0 aromatic heterocycles. The van der Waals surface area contributed by atoms with Crippen LogP contribution in [0.25, 0.3) is 0 Å². The Morgan fingerprint density at radius 3 is 2.84 bits per heavy atom. The van der Waals surface area contributed by atoms with Gasteiger partial charge in [-0.05, 0) is 18.1 Å². The third-order valence-electron chi connectivity index (χ3n) is 2.87. The molecule has 2 rings (SSSR count). The third-order valence-corrected chi connectivity index (χ3v) is 3.33. The van der Waals surface area contributed by atoms with Crippen molar-refractivity contribution < 1.29 is 19.0 Å². The number of thiocarbonyl (C=S) groups is 1. The number of aliphatic carboxylic acids is 1. The first-order valence-corrected chi connectivity index (χ1v) is 6.30. The van der Waals surface area contributed by atoms with Gasteiger partial charge in [0, 0.05) is 6.07 Å². The standard InChI is InChI=1S/C13H14FNO3S/c1-7(2)12-13(19)15(6-11(16)17)9-5-8(14)3-4-10(9)18-12/h3-5,7,12H,6H2,1-2H3,(H,16,17). The Morgan fingerprint density at radius 2 is 2.26 bits per heavy atom. The van der Waals surface area contributed by atoms with Crippen LogP contribution in [0, 0.1) is 11.7 Å². The summed E-state index contributed by atoms with van der Waals surface area (Å²) in [7, 11) is 0. The molecule has 0 radical (unpaired) electrons. The lowest BCUT2D eigenvalue weighted by Gasteiger charge is -2.37. The van der Waals surface area contributed by atoms with Gasteiger partial charge in [0.25, 0.3) is 0 Å². The molecule has 1 aromatic rings. The molecule has 102 valence electrons. The zero-order valence-electron chi connectivity index (χ0n) is 10.6. The fraction of sp³-hybridized carbons (Fsp3) is 0.385. The molecule has 0 spiro atoms. The number of ether oxygens (including phenoxy) is 1. The van der Waals surface area contributed by atoms with E-state index in [1.807, 2.05) is 13.8 Å². The van der Waals surface area contributed by atoms with Gasteiger partial charge in [0.15, 0.2) is 6.10 Å². The summed E-state index contributed by atoms with van der Waals surface area (Å²) in [5.74, 6) is -0.928. The van der Waals surface area contributed by atoms with Gasteiger partial charge in [0.1, 0.15) is 23.1 Å². The monoisotopic (exact) mass is 283 g/mol. The van der Waals surface area contributed by atoms with Crippen molar-refractivity contribution in [1.82, 2.24) is 0 Å². The lowest BCUT2D eigenvalue weighted by atomic mass is 10.0. The van der Waals surface area contributed by atoms with Crippen LogP contribution in [-0.2, 0) is 4.79 Å². The molecule has 1 aliphatic rings. The molecular formula is C13H14FNO3S. The predicted octanol–water partition coefficient (Wildman–Crippen LogP) is 2.46. The molecule has 1 aromatic carbocycles. The Hall–Kier alpha value is -1.69. The quantitative estimate of drug-likeness (QED) is 0.864. The SMILES string of the molecule is CC(C)C1Oc2ccc(F)cc2N(CC(=O)O)C1=S. The molecule has 6 heteroatoms. The van der Waals surface area contributed by atoms with Crippen LogP contribution in [0.3, 0.4) is 0 Å². The maximum Gasteiger partial charge on any atom is 0.323 e. The van der Waals surface area contributed by atoms with E-state index >= 15 is 0 Å². The van der Waals surface area contributed by atoms with Crippen molar-refractivity contribution >= 4 is 28.9 Å². The van der Waals surface area contributed by atoms with E-state index in [1.165, 1.54) is 23.1 Å². The van der Waals surface area contributed by atoms with Crippen molar-refractivity contribution in [3.8, 4) is 5.75 Å². The molecule has 0 bridgehead atoms. The molecule has 0 aliphatic carbocycles. The largest absolute Gasteiger partial charge is 0.481 e. The molecule has 0 saturated carbocycles. The van der Waals surface area contributed by atoms with E-state index in [4.69, 9.17) is 22.1 Å². The van der Waals surface area contributed by atoms with Gasteiger partial charge in [0.05, 0.1) is 5.69 Å². The number of benzene rings is 1. The molecule has 1 atom stereocenters. The van der Waals surface area contributed by atoms with Gasteiger partial charge in [0.2, 0.25) is 0 Å². The van der Waals surface area contributed by atoms with Crippen LogP contribution in [-0.4, -0.2) is 28.7 Å². The van der Waals surface area contributed by atoms with E-state index in [0.717, 1.165) is 0 Å². The average molecular weight is 283 g/mol. The first kappa shape index (κ1) is 13.7. The summed E-state index contributed by atoms with van der Waals surface area (Å²) in [5.41, 5.74) is 0.365. The van der Waals surface area contributed by atoms with E-state index in [1.54, 1.807) is 0 Å². The maximum absolute atomic E-state index is 13.3. The zero-order valence-corrected chi connectivity index (χ0v) is 11.4. The number of rotatable bonds is 3. The highest BCUT2D eigenvalue weighted by Gasteiger charge is 2.34. The highest BCUT2D eigenvalue weighted by atomic mass is 32.1. The normalized spacial score (nSPS) is 18.2. The summed E-state index contributed by atoms with van der Waals surface area (Å²) in [5, 5.41) is 8.97. The van der Waals surface area contributed by atoms with Crippen LogP contribution in [0.15, 0.2) is 18.2 Å². The number of nitrogens with zero attached hydrogens (tertiary/aromatic N) is 1. The number of halogens is 1. The van der Waals surface area contributed by atoms with Gasteiger partial charge >= 0.3 is 5.97 Å². The van der Waals surface area contributed by atoms with Crippen LogP contribution < -0.4 is 9.64 Å². The molecule has 4 nitrogen and oxygen atoms in total. The fourth-order valence-electron chi connectivity index (χ4n) is 1.98. The Morgan fingerprint density at radius 1 is 1.58 bits per heavy atom. The van der Waals surface area contributed by atoms with Gasteiger partial charge in [-0.1, -0.05) is 26.1 Å². The summed E-state index contributed by atoms with van der Waals surface area (Å²) >= 11 is 5.28. The Balaban J connectivity index is 2.47. The minimum Gasteiger partial charge on any atom is -0.481 e. The number of carbonyl (C=O) groups is 1. The number of carboxylic acids is 1. The molecule has 1 unspecified atom stereocenters. The second-order valence-electron chi connectivity index (χ2n) is 4.71. The Kier molecular flexibility index (Phi) is 3.71. The third kappa shape index (κ3) is 2.68. The fourth-order valence-corrected chi connectivity index (χ4v) is 2.46. The highest BCUT2D eigenvalue weighted by Crippen LogP contribution is 2.36. The van der Waals surface area contributed by atoms with Gasteiger partial charge in [-0.15, -0.1) is 0 Å². The van der Waals surface area contributed by atoms with Gasteiger partial charge in [-0.2, -0.15) is 0 Å². The van der Waals surface area contributed by atoms with Crippen molar-refractivity contribution in [1.29, 1.82) is 0 Å². The Labute approximate surface area is 115 Å². The molecular weight excluding hydrogens is 269 g/mol. The van der Waals surface area contributed by atoms with Gasteiger partial charge in [-0.3, -0.25) is 4.79 Å². The molecule has 1 heterocycles. The van der Waals surface area contributed by atoms with Gasteiger partial charge < -0.3 is 14.7 Å². The molecule has 0 amide bonds. The minimum absolute atomic E-state index is 0.0991. The molecule has 1 N–H and O–H groups in total. The topological polar surface area (TPSA) is 49.8 Å². The summed E-state index contributed by atoms with van der Waals surface area (Å²) < 4.78 is 19.0. The van der Waals surface area contributed by atoms with Crippen LogP contribution in [0.5, 0.6) is 5.75 Å². The van der Waals surface area contributed by atoms with Crippen molar-refractivity contribution in [2.75, 3.05) is 11.4 Å². The summed E-state index contributed by atoms with van der Waals surface area (Å²) in [6.45, 7) is 3.57. The summed E-state index contributed by atoms with van der Waals surface area (Å²) in [6.07, 6.45) is -0.382. The number of fused-ring (bicyclic) bond motifs is 1. The molecule has 19 heavy (non-hydrogen) atoms. The first-order chi connectivity index (χ1) is 8.90.